The molecule has 2 aromatic heterocycles. The van der Waals surface area contributed by atoms with E-state index in [0.717, 1.165) is 17.1 Å². The van der Waals surface area contributed by atoms with Gasteiger partial charge in [-0.3, -0.25) is 0 Å². The number of nitrogens with zero attached hydrogens (tertiary/aromatic N) is 3. The van der Waals surface area contributed by atoms with Gasteiger partial charge in [0.25, 0.3) is 0 Å². The van der Waals surface area contributed by atoms with Gasteiger partial charge in [-0.2, -0.15) is 0 Å². The Hall–Kier alpha value is -3.73. The molecule has 0 aliphatic carbocycles. The first kappa shape index (κ1) is 16.7. The van der Waals surface area contributed by atoms with Crippen molar-refractivity contribution in [2.75, 3.05) is 0 Å². The van der Waals surface area contributed by atoms with Gasteiger partial charge in [0.1, 0.15) is 5.82 Å². The van der Waals surface area contributed by atoms with Crippen LogP contribution in [0.25, 0.3) is 34.3 Å². The molecular weight excluding hydrogens is 338 g/mol. The van der Waals surface area contributed by atoms with E-state index in [0.29, 0.717) is 16.6 Å². The highest BCUT2D eigenvalue weighted by Crippen LogP contribution is 2.21. The lowest BCUT2D eigenvalue weighted by molar-refractivity contribution is 0.0699. The van der Waals surface area contributed by atoms with Crippen molar-refractivity contribution in [3.63, 3.8) is 0 Å². The molecule has 0 amide bonds. The summed E-state index contributed by atoms with van der Waals surface area (Å²) in [5.41, 5.74) is 3.41. The van der Waals surface area contributed by atoms with Gasteiger partial charge in [-0.05, 0) is 24.3 Å². The Morgan fingerprint density at radius 2 is 1.74 bits per heavy atom. The molecule has 0 unspecified atom stereocenters. The zero-order valence-electron chi connectivity index (χ0n) is 14.7. The fourth-order valence-corrected chi connectivity index (χ4v) is 3.00. The van der Waals surface area contributed by atoms with Gasteiger partial charge in [0.15, 0.2) is 0 Å². The van der Waals surface area contributed by atoms with Gasteiger partial charge in [-0.1, -0.05) is 48.5 Å². The Bertz CT molecular complexity index is 1160. The van der Waals surface area contributed by atoms with Gasteiger partial charge in [0.2, 0.25) is 0 Å². The van der Waals surface area contributed by atoms with Crippen molar-refractivity contribution < 1.29 is 9.90 Å². The number of benzene rings is 2. The minimum Gasteiger partial charge on any atom is -0.478 e. The van der Waals surface area contributed by atoms with Crippen molar-refractivity contribution in [1.82, 2.24) is 14.5 Å². The molecule has 0 atom stereocenters. The maximum atomic E-state index is 11.6. The second-order valence-electron chi connectivity index (χ2n) is 6.21. The molecule has 0 aliphatic rings. The van der Waals surface area contributed by atoms with Gasteiger partial charge in [0.05, 0.1) is 22.5 Å². The summed E-state index contributed by atoms with van der Waals surface area (Å²) < 4.78 is 1.93. The number of carboxylic acids is 1. The van der Waals surface area contributed by atoms with Crippen LogP contribution in [-0.4, -0.2) is 25.6 Å². The summed E-state index contributed by atoms with van der Waals surface area (Å²) >= 11 is 0. The highest BCUT2D eigenvalue weighted by Gasteiger charge is 2.11. The van der Waals surface area contributed by atoms with Crippen LogP contribution in [-0.2, 0) is 7.05 Å². The molecule has 4 aromatic rings. The lowest BCUT2D eigenvalue weighted by atomic mass is 10.1. The van der Waals surface area contributed by atoms with Crippen LogP contribution in [0.5, 0.6) is 0 Å². The molecule has 0 saturated heterocycles. The number of aromatic nitrogens is 3. The van der Waals surface area contributed by atoms with E-state index in [9.17, 15) is 9.90 Å². The topological polar surface area (TPSA) is 68.0 Å². The molecule has 0 spiro atoms. The molecule has 0 bridgehead atoms. The number of aromatic carboxylic acids is 1. The summed E-state index contributed by atoms with van der Waals surface area (Å²) in [6.07, 6.45) is 5.59. The summed E-state index contributed by atoms with van der Waals surface area (Å²) in [4.78, 5) is 20.8. The number of hydrogen-bond donors (Lipinski definition) is 1. The van der Waals surface area contributed by atoms with Gasteiger partial charge in [0, 0.05) is 24.2 Å². The number of aryl methyl sites for hydroxylation is 1. The second kappa shape index (κ2) is 6.88. The number of para-hydroxylation sites is 1. The minimum atomic E-state index is -0.966. The van der Waals surface area contributed by atoms with Gasteiger partial charge in [-0.25, -0.2) is 14.8 Å². The molecule has 0 radical (unpaired) electrons. The predicted molar refractivity (Wildman–Crippen MR) is 106 cm³/mol. The van der Waals surface area contributed by atoms with Gasteiger partial charge >= 0.3 is 5.97 Å². The average molecular weight is 355 g/mol. The first-order valence-corrected chi connectivity index (χ1v) is 8.52. The molecule has 5 heteroatoms. The fraction of sp³-hybridized carbons (Fsp3) is 0.0455. The third-order valence-electron chi connectivity index (χ3n) is 4.35. The zero-order valence-corrected chi connectivity index (χ0v) is 14.7. The molecule has 5 nitrogen and oxygen atoms in total. The van der Waals surface area contributed by atoms with Crippen molar-refractivity contribution in [3.05, 3.63) is 83.9 Å². The number of imidazole rings is 1. The maximum Gasteiger partial charge on any atom is 0.336 e. The van der Waals surface area contributed by atoms with Crippen LogP contribution in [0.1, 0.15) is 21.9 Å². The monoisotopic (exact) mass is 355 g/mol. The van der Waals surface area contributed by atoms with Crippen molar-refractivity contribution in [1.29, 1.82) is 0 Å². The van der Waals surface area contributed by atoms with Gasteiger partial charge < -0.3 is 9.67 Å². The SMILES string of the molecule is Cn1cc(-c2ccccc2)nc1/C=C/c1cc(C(=O)O)c2ccccc2n1. The van der Waals surface area contributed by atoms with Crippen molar-refractivity contribution in [3.8, 4) is 11.3 Å². The normalized spacial score (nSPS) is 11.3. The third-order valence-corrected chi connectivity index (χ3v) is 4.35. The molecule has 132 valence electrons. The van der Waals surface area contributed by atoms with Crippen molar-refractivity contribution in [2.24, 2.45) is 7.05 Å². The fourth-order valence-electron chi connectivity index (χ4n) is 3.00. The van der Waals surface area contributed by atoms with E-state index in [1.165, 1.54) is 0 Å². The van der Waals surface area contributed by atoms with Crippen LogP contribution in [0.2, 0.25) is 0 Å². The molecule has 1 N–H and O–H groups in total. The standard InChI is InChI=1S/C22H17N3O2/c1-25-14-20(15-7-3-2-4-8-15)24-21(25)12-11-16-13-18(22(26)27)17-9-5-6-10-19(17)23-16/h2-14H,1H3,(H,26,27)/b12-11+. The molecule has 27 heavy (non-hydrogen) atoms. The van der Waals surface area contributed by atoms with Crippen LogP contribution in [0.4, 0.5) is 0 Å². The summed E-state index contributed by atoms with van der Waals surface area (Å²) in [6, 6.07) is 18.8. The zero-order chi connectivity index (χ0) is 18.8. The van der Waals surface area contributed by atoms with Gasteiger partial charge in [-0.15, -0.1) is 0 Å². The van der Waals surface area contributed by atoms with E-state index in [-0.39, 0.29) is 5.56 Å². The maximum absolute atomic E-state index is 11.6. The number of carbonyl (C=O) groups is 1. The Morgan fingerprint density at radius 1 is 1.00 bits per heavy atom. The average Bonchev–Trinajstić information content (AvgIpc) is 3.07. The van der Waals surface area contributed by atoms with Crippen molar-refractivity contribution in [2.45, 2.75) is 0 Å². The third kappa shape index (κ3) is 3.35. The van der Waals surface area contributed by atoms with Crippen LogP contribution in [0.15, 0.2) is 66.9 Å². The first-order chi connectivity index (χ1) is 13.1. The molecule has 0 fully saturated rings. The van der Waals surface area contributed by atoms with Crippen LogP contribution < -0.4 is 0 Å². The largest absolute Gasteiger partial charge is 0.478 e. The Labute approximate surface area is 156 Å². The minimum absolute atomic E-state index is 0.241. The molecule has 2 aromatic carbocycles. The van der Waals surface area contributed by atoms with Crippen LogP contribution in [0.3, 0.4) is 0 Å². The highest BCUT2D eigenvalue weighted by atomic mass is 16.4. The summed E-state index contributed by atoms with van der Waals surface area (Å²) in [7, 11) is 1.93. The summed E-state index contributed by atoms with van der Waals surface area (Å²) in [5, 5.41) is 10.1. The van der Waals surface area contributed by atoms with Crippen LogP contribution in [0, 0.1) is 0 Å². The number of hydrogen-bond acceptors (Lipinski definition) is 3. The second-order valence-corrected chi connectivity index (χ2v) is 6.21. The molecular formula is C22H17N3O2. The highest BCUT2D eigenvalue weighted by molar-refractivity contribution is 6.03. The van der Waals surface area contributed by atoms with E-state index in [1.54, 1.807) is 18.2 Å². The smallest absolute Gasteiger partial charge is 0.336 e. The Kier molecular flexibility index (Phi) is 4.26. The molecule has 4 rings (SSSR count). The van der Waals surface area contributed by atoms with Crippen molar-refractivity contribution >= 4 is 29.0 Å². The first-order valence-electron chi connectivity index (χ1n) is 8.52. The number of fused-ring (bicyclic) bond motifs is 1. The Balaban J connectivity index is 1.71. The summed E-state index contributed by atoms with van der Waals surface area (Å²) in [5.74, 6) is -0.202. The molecule has 0 aliphatic heterocycles. The molecule has 2 heterocycles. The number of rotatable bonds is 4. The molecule has 0 saturated carbocycles. The summed E-state index contributed by atoms with van der Waals surface area (Å²) in [6.45, 7) is 0. The van der Waals surface area contributed by atoms with E-state index in [2.05, 4.69) is 9.97 Å². The van der Waals surface area contributed by atoms with E-state index < -0.39 is 5.97 Å². The Morgan fingerprint density at radius 3 is 2.52 bits per heavy atom. The van der Waals surface area contributed by atoms with Crippen LogP contribution >= 0.6 is 0 Å². The van der Waals surface area contributed by atoms with E-state index in [4.69, 9.17) is 0 Å². The quantitative estimate of drug-likeness (QED) is 0.585. The van der Waals surface area contributed by atoms with E-state index in [1.807, 2.05) is 72.4 Å². The predicted octanol–water partition coefficient (Wildman–Crippen LogP) is 4.50. The lowest BCUT2D eigenvalue weighted by Crippen LogP contribution is -2.00. The van der Waals surface area contributed by atoms with E-state index >= 15 is 0 Å². The number of carboxylic acid groups (broad SMARTS) is 1. The number of pyridine rings is 1. The lowest BCUT2D eigenvalue weighted by Gasteiger charge is -2.04.